The lowest BCUT2D eigenvalue weighted by molar-refractivity contribution is -0.134. The minimum atomic E-state index is -1.26. The maximum Gasteiger partial charge on any atom is 0.339 e. The normalized spacial score (nSPS) is 18.7. The molecule has 1 atom stereocenters. The van der Waals surface area contributed by atoms with E-state index in [9.17, 15) is 9.59 Å². The van der Waals surface area contributed by atoms with E-state index < -0.39 is 11.6 Å². The molecule has 1 N–H and O–H groups in total. The number of carbonyl (C=O) groups is 2. The number of amides is 1. The van der Waals surface area contributed by atoms with E-state index >= 15 is 0 Å². The van der Waals surface area contributed by atoms with Crippen LogP contribution in [0.2, 0.25) is 0 Å². The molecule has 2 heterocycles. The van der Waals surface area contributed by atoms with Crippen molar-refractivity contribution in [3.05, 3.63) is 66.0 Å². The fourth-order valence-corrected chi connectivity index (χ4v) is 2.90. The predicted molar refractivity (Wildman–Crippen MR) is 91.8 cm³/mol. The number of anilines is 1. The molecule has 4 rings (SSSR count). The van der Waals surface area contributed by atoms with Crippen LogP contribution in [0, 0.1) is 0 Å². The van der Waals surface area contributed by atoms with Crippen molar-refractivity contribution in [1.82, 2.24) is 20.2 Å². The van der Waals surface area contributed by atoms with E-state index in [0.29, 0.717) is 17.7 Å². The minimum Gasteiger partial charge on any atom is -0.445 e. The molecule has 130 valence electrons. The molecule has 0 bridgehead atoms. The Morgan fingerprint density at radius 2 is 1.96 bits per heavy atom. The number of aromatic nitrogens is 4. The Bertz CT molecular complexity index is 969. The van der Waals surface area contributed by atoms with Gasteiger partial charge < -0.3 is 10.1 Å². The van der Waals surface area contributed by atoms with E-state index in [-0.39, 0.29) is 5.91 Å². The Balaban J connectivity index is 1.52. The van der Waals surface area contributed by atoms with Gasteiger partial charge in [-0.3, -0.25) is 4.79 Å². The van der Waals surface area contributed by atoms with Crippen molar-refractivity contribution in [2.24, 2.45) is 0 Å². The van der Waals surface area contributed by atoms with Gasteiger partial charge in [0, 0.05) is 12.1 Å². The first-order valence-electron chi connectivity index (χ1n) is 8.01. The van der Waals surface area contributed by atoms with Gasteiger partial charge in [0.05, 0.1) is 11.3 Å². The number of nitrogens with one attached hydrogen (secondary N) is 1. The highest BCUT2D eigenvalue weighted by atomic mass is 16.6. The van der Waals surface area contributed by atoms with Gasteiger partial charge in [0.1, 0.15) is 6.33 Å². The summed E-state index contributed by atoms with van der Waals surface area (Å²) in [6.07, 6.45) is 1.80. The van der Waals surface area contributed by atoms with Crippen LogP contribution in [0.1, 0.15) is 22.8 Å². The number of ether oxygens (including phenoxy) is 1. The van der Waals surface area contributed by atoms with E-state index in [1.54, 1.807) is 43.3 Å². The molecule has 0 aliphatic carbocycles. The Hall–Kier alpha value is -3.55. The highest BCUT2D eigenvalue weighted by molar-refractivity contribution is 6.02. The quantitative estimate of drug-likeness (QED) is 0.724. The van der Waals surface area contributed by atoms with Crippen molar-refractivity contribution in [3.8, 4) is 5.69 Å². The standard InChI is InChI=1S/C18H15N5O3/c1-18(10-12-4-2-3-5-15(12)16(24)26-18)17(25)20-13-6-8-14(9-7-13)23-11-19-21-22-23/h2-9,11H,10H2,1H3,(H,20,25). The summed E-state index contributed by atoms with van der Waals surface area (Å²) in [6, 6.07) is 14.2. The van der Waals surface area contributed by atoms with Gasteiger partial charge in [-0.15, -0.1) is 5.10 Å². The second-order valence-corrected chi connectivity index (χ2v) is 6.21. The number of hydrogen-bond donors (Lipinski definition) is 1. The molecule has 1 aliphatic heterocycles. The second-order valence-electron chi connectivity index (χ2n) is 6.21. The Morgan fingerprint density at radius 3 is 2.69 bits per heavy atom. The third-order valence-corrected chi connectivity index (χ3v) is 4.30. The molecule has 26 heavy (non-hydrogen) atoms. The topological polar surface area (TPSA) is 99.0 Å². The van der Waals surface area contributed by atoms with Crippen LogP contribution >= 0.6 is 0 Å². The van der Waals surface area contributed by atoms with Crippen LogP contribution in [0.25, 0.3) is 5.69 Å². The van der Waals surface area contributed by atoms with Crippen molar-refractivity contribution in [3.63, 3.8) is 0 Å². The van der Waals surface area contributed by atoms with Gasteiger partial charge in [-0.2, -0.15) is 0 Å². The van der Waals surface area contributed by atoms with Crippen molar-refractivity contribution in [1.29, 1.82) is 0 Å². The summed E-state index contributed by atoms with van der Waals surface area (Å²) in [7, 11) is 0. The largest absolute Gasteiger partial charge is 0.445 e. The van der Waals surface area contributed by atoms with E-state index in [0.717, 1.165) is 11.3 Å². The average molecular weight is 349 g/mol. The van der Waals surface area contributed by atoms with Crippen LogP contribution in [0.15, 0.2) is 54.9 Å². The van der Waals surface area contributed by atoms with E-state index in [2.05, 4.69) is 20.8 Å². The summed E-state index contributed by atoms with van der Waals surface area (Å²) in [6.45, 7) is 1.62. The van der Waals surface area contributed by atoms with Crippen molar-refractivity contribution in [2.45, 2.75) is 18.9 Å². The van der Waals surface area contributed by atoms with Crippen LogP contribution in [-0.4, -0.2) is 37.7 Å². The Morgan fingerprint density at radius 1 is 1.19 bits per heavy atom. The first kappa shape index (κ1) is 15.9. The van der Waals surface area contributed by atoms with Crippen LogP contribution < -0.4 is 5.32 Å². The number of hydrogen-bond acceptors (Lipinski definition) is 6. The molecule has 1 aromatic heterocycles. The number of esters is 1. The van der Waals surface area contributed by atoms with Gasteiger partial charge in [0.2, 0.25) is 0 Å². The first-order chi connectivity index (χ1) is 12.5. The third kappa shape index (κ3) is 2.81. The molecule has 0 radical (unpaired) electrons. The van der Waals surface area contributed by atoms with Gasteiger partial charge in [-0.1, -0.05) is 18.2 Å². The van der Waals surface area contributed by atoms with E-state index in [1.807, 2.05) is 12.1 Å². The molecule has 0 saturated carbocycles. The molecule has 0 fully saturated rings. The maximum absolute atomic E-state index is 12.7. The van der Waals surface area contributed by atoms with Crippen LogP contribution in [-0.2, 0) is 16.0 Å². The summed E-state index contributed by atoms with van der Waals surface area (Å²) in [5.41, 5.74) is 1.39. The maximum atomic E-state index is 12.7. The third-order valence-electron chi connectivity index (χ3n) is 4.30. The number of fused-ring (bicyclic) bond motifs is 1. The van der Waals surface area contributed by atoms with Gasteiger partial charge in [-0.05, 0) is 53.2 Å². The van der Waals surface area contributed by atoms with Crippen molar-refractivity contribution >= 4 is 17.6 Å². The molecule has 3 aromatic rings. The lowest BCUT2D eigenvalue weighted by Gasteiger charge is -2.33. The average Bonchev–Trinajstić information content (AvgIpc) is 3.17. The molecule has 2 aromatic carbocycles. The summed E-state index contributed by atoms with van der Waals surface area (Å²) in [5, 5.41) is 13.8. The summed E-state index contributed by atoms with van der Waals surface area (Å²) in [5.74, 6) is -0.867. The summed E-state index contributed by atoms with van der Waals surface area (Å²) < 4.78 is 6.94. The van der Waals surface area contributed by atoms with Gasteiger partial charge in [-0.25, -0.2) is 9.48 Å². The molecule has 8 nitrogen and oxygen atoms in total. The van der Waals surface area contributed by atoms with Crippen LogP contribution in [0.5, 0.6) is 0 Å². The highest BCUT2D eigenvalue weighted by Crippen LogP contribution is 2.29. The monoisotopic (exact) mass is 349 g/mol. The molecule has 1 amide bonds. The molecule has 0 saturated heterocycles. The van der Waals surface area contributed by atoms with Gasteiger partial charge in [0.25, 0.3) is 5.91 Å². The number of carbonyl (C=O) groups excluding carboxylic acids is 2. The highest BCUT2D eigenvalue weighted by Gasteiger charge is 2.42. The smallest absolute Gasteiger partial charge is 0.339 e. The predicted octanol–water partition coefficient (Wildman–Crippen LogP) is 1.77. The number of benzene rings is 2. The summed E-state index contributed by atoms with van der Waals surface area (Å²) in [4.78, 5) is 24.9. The minimum absolute atomic E-state index is 0.323. The molecule has 1 aliphatic rings. The number of cyclic esters (lactones) is 1. The van der Waals surface area contributed by atoms with Crippen LogP contribution in [0.4, 0.5) is 5.69 Å². The van der Waals surface area contributed by atoms with Crippen LogP contribution in [0.3, 0.4) is 0 Å². The Kier molecular flexibility index (Phi) is 3.72. The molecular weight excluding hydrogens is 334 g/mol. The molecule has 1 unspecified atom stereocenters. The lowest BCUT2D eigenvalue weighted by Crippen LogP contribution is -2.48. The number of nitrogens with zero attached hydrogens (tertiary/aromatic N) is 4. The fourth-order valence-electron chi connectivity index (χ4n) is 2.90. The van der Waals surface area contributed by atoms with Gasteiger partial charge >= 0.3 is 5.97 Å². The zero-order chi connectivity index (χ0) is 18.1. The van der Waals surface area contributed by atoms with Crippen molar-refractivity contribution in [2.75, 3.05) is 5.32 Å². The fraction of sp³-hybridized carbons (Fsp3) is 0.167. The zero-order valence-corrected chi connectivity index (χ0v) is 13.9. The number of tetrazole rings is 1. The van der Waals surface area contributed by atoms with E-state index in [4.69, 9.17) is 4.74 Å². The van der Waals surface area contributed by atoms with E-state index in [1.165, 1.54) is 11.0 Å². The van der Waals surface area contributed by atoms with Crippen molar-refractivity contribution < 1.29 is 14.3 Å². The van der Waals surface area contributed by atoms with Gasteiger partial charge in [0.15, 0.2) is 5.60 Å². The first-order valence-corrected chi connectivity index (χ1v) is 8.01. The second kappa shape index (κ2) is 6.07. The SMILES string of the molecule is CC1(C(=O)Nc2ccc(-n3cnnn3)cc2)Cc2ccccc2C(=O)O1. The lowest BCUT2D eigenvalue weighted by atomic mass is 9.89. The molecular formula is C18H15N5O3. The Labute approximate surface area is 148 Å². The zero-order valence-electron chi connectivity index (χ0n) is 13.9. The summed E-state index contributed by atoms with van der Waals surface area (Å²) >= 11 is 0. The molecule has 8 heteroatoms. The molecule has 0 spiro atoms. The number of rotatable bonds is 3.